The maximum absolute atomic E-state index is 13.8. The van der Waals surface area contributed by atoms with Gasteiger partial charge in [-0.2, -0.15) is 13.2 Å². The average Bonchev–Trinajstić information content (AvgIpc) is 2.68. The van der Waals surface area contributed by atoms with Crippen LogP contribution in [0.1, 0.15) is 18.1 Å². The van der Waals surface area contributed by atoms with Gasteiger partial charge >= 0.3 is 12.2 Å². The molecule has 0 aliphatic heterocycles. The molecule has 2 rings (SSSR count). The van der Waals surface area contributed by atoms with Gasteiger partial charge in [0, 0.05) is 23.8 Å². The van der Waals surface area contributed by atoms with Gasteiger partial charge in [0.1, 0.15) is 0 Å². The molecule has 2 amide bonds. The average molecular weight is 519 g/mol. The molecule has 0 bridgehead atoms. The fraction of sp³-hybridized carbons (Fsp3) is 0.316. The van der Waals surface area contributed by atoms with E-state index in [4.69, 9.17) is 46.4 Å². The van der Waals surface area contributed by atoms with Crippen molar-refractivity contribution in [3.8, 4) is 0 Å². The van der Waals surface area contributed by atoms with Gasteiger partial charge in [-0.15, -0.1) is 0 Å². The number of hydrogen-bond acceptors (Lipinski definition) is 3. The second-order valence-corrected chi connectivity index (χ2v) is 8.08. The molecule has 0 aliphatic carbocycles. The first-order valence-corrected chi connectivity index (χ1v) is 10.4. The van der Waals surface area contributed by atoms with E-state index in [0.717, 1.165) is 12.1 Å². The van der Waals surface area contributed by atoms with Gasteiger partial charge in [-0.25, -0.2) is 4.79 Å². The number of hydrogen-bond donors (Lipinski definition) is 4. The second kappa shape index (κ2) is 10.4. The molecule has 12 heteroatoms. The Kier molecular flexibility index (Phi) is 8.58. The number of urea groups is 1. The van der Waals surface area contributed by atoms with Crippen molar-refractivity contribution < 1.29 is 23.1 Å². The highest BCUT2D eigenvalue weighted by atomic mass is 35.5. The van der Waals surface area contributed by atoms with Crippen LogP contribution in [0, 0.1) is 0 Å². The van der Waals surface area contributed by atoms with Crippen molar-refractivity contribution in [3.63, 3.8) is 0 Å². The van der Waals surface area contributed by atoms with E-state index in [1.54, 1.807) is 13.0 Å². The Balaban J connectivity index is 2.21. The van der Waals surface area contributed by atoms with Crippen molar-refractivity contribution in [2.45, 2.75) is 25.2 Å². The van der Waals surface area contributed by atoms with E-state index < -0.39 is 23.9 Å². The first kappa shape index (κ1) is 25.7. The lowest BCUT2D eigenvalue weighted by Crippen LogP contribution is -2.47. The summed E-state index contributed by atoms with van der Waals surface area (Å²) < 4.78 is 41.3. The van der Waals surface area contributed by atoms with Crippen molar-refractivity contribution >= 4 is 58.1 Å². The van der Waals surface area contributed by atoms with Crippen LogP contribution in [0.2, 0.25) is 20.1 Å². The maximum atomic E-state index is 13.8. The number of alkyl halides is 3. The molecule has 4 N–H and O–H groups in total. The van der Waals surface area contributed by atoms with Gasteiger partial charge in [-0.3, -0.25) is 0 Å². The summed E-state index contributed by atoms with van der Waals surface area (Å²) in [6.45, 7) is 1.40. The normalized spacial score (nSPS) is 13.5. The van der Waals surface area contributed by atoms with E-state index in [1.165, 1.54) is 12.1 Å². The third-order valence-electron chi connectivity index (χ3n) is 4.31. The molecule has 0 spiro atoms. The first-order chi connectivity index (χ1) is 14.4. The number of aliphatic hydroxyl groups is 1. The molecule has 5 nitrogen and oxygen atoms in total. The largest absolute Gasteiger partial charge is 0.423 e. The third kappa shape index (κ3) is 6.23. The third-order valence-corrected chi connectivity index (χ3v) is 5.86. The van der Waals surface area contributed by atoms with Gasteiger partial charge in [-0.05, 0) is 42.3 Å². The molecule has 2 aromatic rings. The summed E-state index contributed by atoms with van der Waals surface area (Å²) in [5.41, 5.74) is -3.10. The number of nitrogens with one attached hydrogen (secondary N) is 3. The molecule has 0 radical (unpaired) electrons. The lowest BCUT2D eigenvalue weighted by Gasteiger charge is -2.32. The lowest BCUT2D eigenvalue weighted by atomic mass is 9.92. The zero-order valence-electron chi connectivity index (χ0n) is 16.0. The van der Waals surface area contributed by atoms with Crippen molar-refractivity contribution in [2.75, 3.05) is 18.4 Å². The number of anilines is 1. The predicted molar refractivity (Wildman–Crippen MR) is 117 cm³/mol. The van der Waals surface area contributed by atoms with Crippen molar-refractivity contribution in [2.24, 2.45) is 0 Å². The van der Waals surface area contributed by atoms with E-state index in [9.17, 15) is 23.1 Å². The van der Waals surface area contributed by atoms with Gasteiger partial charge < -0.3 is 21.1 Å². The summed E-state index contributed by atoms with van der Waals surface area (Å²) in [6.07, 6.45) is -5.05. The molecule has 1 atom stereocenters. The van der Waals surface area contributed by atoms with E-state index in [-0.39, 0.29) is 38.4 Å². The number of carbonyl (C=O) groups is 1. The number of rotatable bonds is 7. The number of halogens is 7. The highest BCUT2D eigenvalue weighted by Crippen LogP contribution is 2.43. The molecule has 0 fully saturated rings. The van der Waals surface area contributed by atoms with Gasteiger partial charge in [0.2, 0.25) is 5.60 Å². The molecule has 170 valence electrons. The summed E-state index contributed by atoms with van der Waals surface area (Å²) in [4.78, 5) is 11.5. The highest BCUT2D eigenvalue weighted by Gasteiger charge is 2.55. The Labute approximate surface area is 196 Å². The summed E-state index contributed by atoms with van der Waals surface area (Å²) >= 11 is 23.6. The molecule has 0 heterocycles. The monoisotopic (exact) mass is 517 g/mol. The van der Waals surface area contributed by atoms with Crippen LogP contribution in [0.5, 0.6) is 0 Å². The van der Waals surface area contributed by atoms with E-state index in [2.05, 4.69) is 16.0 Å². The van der Waals surface area contributed by atoms with Gasteiger partial charge in [0.25, 0.3) is 0 Å². The van der Waals surface area contributed by atoms with Crippen molar-refractivity contribution in [1.82, 2.24) is 10.6 Å². The fourth-order valence-electron chi connectivity index (χ4n) is 2.59. The molecule has 0 saturated carbocycles. The van der Waals surface area contributed by atoms with E-state index in [1.807, 2.05) is 0 Å². The standard InChI is InChI=1S/C19H18Cl4F3N3O2/c1-2-27-17(30)28-8-10-3-4-12(7-13(10)20)29-9-18(31,19(24,25)26)11-5-14(21)16(23)15(22)6-11/h3-7,29,31H,2,8-9H2,1H3,(H2,27,28,30)/t18-/m0/s1. The topological polar surface area (TPSA) is 73.4 Å². The second-order valence-electron chi connectivity index (χ2n) is 6.48. The summed E-state index contributed by atoms with van der Waals surface area (Å²) in [5, 5.41) is 17.8. The summed E-state index contributed by atoms with van der Waals surface area (Å²) in [5.74, 6) is 0. The number of benzene rings is 2. The highest BCUT2D eigenvalue weighted by molar-refractivity contribution is 6.48. The maximum Gasteiger partial charge on any atom is 0.423 e. The molecule has 0 aromatic heterocycles. The van der Waals surface area contributed by atoms with Crippen LogP contribution >= 0.6 is 46.4 Å². The molecular formula is C19H18Cl4F3N3O2. The Morgan fingerprint density at radius 2 is 1.61 bits per heavy atom. The minimum atomic E-state index is -5.05. The van der Waals surface area contributed by atoms with Gasteiger partial charge in [-0.1, -0.05) is 52.5 Å². The minimum Gasteiger partial charge on any atom is -0.381 e. The molecule has 31 heavy (non-hydrogen) atoms. The Morgan fingerprint density at radius 1 is 1.00 bits per heavy atom. The summed E-state index contributed by atoms with van der Waals surface area (Å²) in [7, 11) is 0. The fourth-order valence-corrected chi connectivity index (χ4v) is 3.43. The van der Waals surface area contributed by atoms with Crippen LogP contribution in [0.15, 0.2) is 30.3 Å². The molecule has 0 aliphatic rings. The number of carbonyl (C=O) groups excluding carboxylic acids is 1. The van der Waals surface area contributed by atoms with Crippen LogP contribution < -0.4 is 16.0 Å². The molecular weight excluding hydrogens is 501 g/mol. The van der Waals surface area contributed by atoms with Crippen molar-refractivity contribution in [1.29, 1.82) is 0 Å². The zero-order valence-corrected chi connectivity index (χ0v) is 19.0. The Morgan fingerprint density at radius 3 is 2.13 bits per heavy atom. The zero-order chi connectivity index (χ0) is 23.4. The SMILES string of the molecule is CCNC(=O)NCc1ccc(NC[C@](O)(c2cc(Cl)c(Cl)c(Cl)c2)C(F)(F)F)cc1Cl. The van der Waals surface area contributed by atoms with Crippen LogP contribution in [0.3, 0.4) is 0 Å². The smallest absolute Gasteiger partial charge is 0.381 e. The predicted octanol–water partition coefficient (Wildman–Crippen LogP) is 5.98. The molecule has 0 saturated heterocycles. The van der Waals surface area contributed by atoms with Gasteiger partial charge in [0.05, 0.1) is 21.6 Å². The minimum absolute atomic E-state index is 0.117. The van der Waals surface area contributed by atoms with Crippen LogP contribution in [-0.4, -0.2) is 30.4 Å². The van der Waals surface area contributed by atoms with Crippen LogP contribution in [0.4, 0.5) is 23.7 Å². The van der Waals surface area contributed by atoms with E-state index in [0.29, 0.717) is 12.1 Å². The number of amides is 2. The molecule has 0 unspecified atom stereocenters. The van der Waals surface area contributed by atoms with E-state index >= 15 is 0 Å². The lowest BCUT2D eigenvalue weighted by molar-refractivity contribution is -0.260. The molecule has 2 aromatic carbocycles. The first-order valence-electron chi connectivity index (χ1n) is 8.87. The Bertz CT molecular complexity index is 936. The Hall–Kier alpha value is -1.58. The van der Waals surface area contributed by atoms with Gasteiger partial charge in [0.15, 0.2) is 0 Å². The van der Waals surface area contributed by atoms with Crippen molar-refractivity contribution in [3.05, 3.63) is 61.5 Å². The summed E-state index contributed by atoms with van der Waals surface area (Å²) in [6, 6.07) is 5.84. The van der Waals surface area contributed by atoms with Crippen LogP contribution in [0.25, 0.3) is 0 Å². The quantitative estimate of drug-likeness (QED) is 0.340. The van der Waals surface area contributed by atoms with Crippen LogP contribution in [-0.2, 0) is 12.1 Å².